The molecule has 0 atom stereocenters. The van der Waals surface area contributed by atoms with Crippen molar-refractivity contribution in [3.63, 3.8) is 0 Å². The van der Waals surface area contributed by atoms with E-state index in [1.54, 1.807) is 0 Å². The van der Waals surface area contributed by atoms with E-state index in [1.807, 2.05) is 6.92 Å². The topological polar surface area (TPSA) is 68.5 Å². The summed E-state index contributed by atoms with van der Waals surface area (Å²) >= 11 is 1.24. The predicted octanol–water partition coefficient (Wildman–Crippen LogP) is 1.99. The van der Waals surface area contributed by atoms with Crippen LogP contribution in [0, 0.1) is 5.92 Å². The SMILES string of the molecule is CCN(CC(C)C)c1snc(N)c1C(=O)OC. The molecule has 1 aromatic rings. The molecule has 0 saturated heterocycles. The molecule has 96 valence electrons. The Morgan fingerprint density at radius 2 is 2.24 bits per heavy atom. The zero-order valence-corrected chi connectivity index (χ0v) is 11.5. The lowest BCUT2D eigenvalue weighted by molar-refractivity contribution is 0.0603. The van der Waals surface area contributed by atoms with Crippen LogP contribution in [0.4, 0.5) is 10.8 Å². The first-order chi connectivity index (χ1) is 8.01. The number of hydrogen-bond donors (Lipinski definition) is 1. The Labute approximate surface area is 106 Å². The van der Waals surface area contributed by atoms with Gasteiger partial charge in [-0.05, 0) is 24.4 Å². The van der Waals surface area contributed by atoms with Crippen molar-refractivity contribution in [3.8, 4) is 0 Å². The average molecular weight is 257 g/mol. The molecule has 1 heterocycles. The number of nitrogen functional groups attached to an aromatic ring is 1. The standard InChI is InChI=1S/C11H19N3O2S/c1-5-14(6-7(2)3)10-8(11(15)16-4)9(12)13-17-10/h7H,5-6H2,1-4H3,(H2,12,13). The zero-order valence-electron chi connectivity index (χ0n) is 10.7. The second-order valence-corrected chi connectivity index (χ2v) is 4.92. The van der Waals surface area contributed by atoms with Gasteiger partial charge in [0.2, 0.25) is 0 Å². The number of anilines is 2. The van der Waals surface area contributed by atoms with E-state index in [0.717, 1.165) is 18.1 Å². The molecule has 0 radical (unpaired) electrons. The van der Waals surface area contributed by atoms with E-state index in [9.17, 15) is 4.79 Å². The van der Waals surface area contributed by atoms with Crippen molar-refractivity contribution < 1.29 is 9.53 Å². The number of carbonyl (C=O) groups excluding carboxylic acids is 1. The maximum atomic E-state index is 11.7. The fourth-order valence-electron chi connectivity index (χ4n) is 1.60. The summed E-state index contributed by atoms with van der Waals surface area (Å²) in [5.74, 6) is 0.330. The van der Waals surface area contributed by atoms with Gasteiger partial charge in [-0.15, -0.1) is 0 Å². The van der Waals surface area contributed by atoms with Crippen LogP contribution in [0.2, 0.25) is 0 Å². The van der Waals surface area contributed by atoms with Crippen molar-refractivity contribution in [3.05, 3.63) is 5.56 Å². The number of aromatic nitrogens is 1. The maximum absolute atomic E-state index is 11.7. The van der Waals surface area contributed by atoms with Crippen LogP contribution in [0.15, 0.2) is 0 Å². The second-order valence-electron chi connectivity index (χ2n) is 4.17. The van der Waals surface area contributed by atoms with Crippen LogP contribution in [0.5, 0.6) is 0 Å². The molecule has 0 fully saturated rings. The summed E-state index contributed by atoms with van der Waals surface area (Å²) in [6, 6.07) is 0. The summed E-state index contributed by atoms with van der Waals surface area (Å²) in [5.41, 5.74) is 6.10. The number of ether oxygens (including phenoxy) is 1. The molecule has 0 saturated carbocycles. The minimum absolute atomic E-state index is 0.249. The quantitative estimate of drug-likeness (QED) is 0.817. The lowest BCUT2D eigenvalue weighted by Crippen LogP contribution is -2.28. The molecule has 0 unspecified atom stereocenters. The number of esters is 1. The lowest BCUT2D eigenvalue weighted by Gasteiger charge is -2.23. The van der Waals surface area contributed by atoms with Crippen LogP contribution in [-0.4, -0.2) is 30.5 Å². The van der Waals surface area contributed by atoms with Crippen LogP contribution in [-0.2, 0) is 4.74 Å². The van der Waals surface area contributed by atoms with Crippen molar-refractivity contribution in [2.45, 2.75) is 20.8 Å². The monoisotopic (exact) mass is 257 g/mol. The van der Waals surface area contributed by atoms with Gasteiger partial charge in [0.15, 0.2) is 5.82 Å². The van der Waals surface area contributed by atoms with Gasteiger partial charge in [-0.1, -0.05) is 13.8 Å². The van der Waals surface area contributed by atoms with E-state index in [0.29, 0.717) is 11.5 Å². The van der Waals surface area contributed by atoms with Crippen molar-refractivity contribution in [2.75, 3.05) is 30.8 Å². The third-order valence-corrected chi connectivity index (χ3v) is 3.27. The largest absolute Gasteiger partial charge is 0.465 e. The normalized spacial score (nSPS) is 10.6. The first kappa shape index (κ1) is 13.8. The molecule has 0 amide bonds. The highest BCUT2D eigenvalue weighted by atomic mass is 32.1. The lowest BCUT2D eigenvalue weighted by atomic mass is 10.2. The Balaban J connectivity index is 3.07. The van der Waals surface area contributed by atoms with E-state index < -0.39 is 5.97 Å². The molecule has 0 aliphatic rings. The molecule has 0 spiro atoms. The van der Waals surface area contributed by atoms with Crippen LogP contribution in [0.25, 0.3) is 0 Å². The van der Waals surface area contributed by atoms with Crippen LogP contribution >= 0.6 is 11.5 Å². The molecule has 0 bridgehead atoms. The first-order valence-electron chi connectivity index (χ1n) is 5.59. The molecule has 2 N–H and O–H groups in total. The molecule has 0 aliphatic carbocycles. The number of hydrogen-bond acceptors (Lipinski definition) is 6. The summed E-state index contributed by atoms with van der Waals surface area (Å²) in [7, 11) is 1.35. The van der Waals surface area contributed by atoms with Gasteiger partial charge < -0.3 is 15.4 Å². The summed E-state index contributed by atoms with van der Waals surface area (Å²) in [5, 5.41) is 0.797. The maximum Gasteiger partial charge on any atom is 0.344 e. The number of nitrogens with zero attached hydrogens (tertiary/aromatic N) is 2. The van der Waals surface area contributed by atoms with Crippen LogP contribution in [0.1, 0.15) is 31.1 Å². The number of methoxy groups -OCH3 is 1. The highest BCUT2D eigenvalue weighted by molar-refractivity contribution is 7.11. The summed E-state index contributed by atoms with van der Waals surface area (Å²) in [4.78, 5) is 13.8. The van der Waals surface area contributed by atoms with Crippen molar-refractivity contribution >= 4 is 28.3 Å². The Bertz CT molecular complexity index is 390. The average Bonchev–Trinajstić information content (AvgIpc) is 2.66. The van der Waals surface area contributed by atoms with E-state index in [-0.39, 0.29) is 5.82 Å². The highest BCUT2D eigenvalue weighted by Crippen LogP contribution is 2.31. The van der Waals surface area contributed by atoms with Gasteiger partial charge in [-0.2, -0.15) is 4.37 Å². The fraction of sp³-hybridized carbons (Fsp3) is 0.636. The molecular formula is C11H19N3O2S. The van der Waals surface area contributed by atoms with Gasteiger partial charge in [0.05, 0.1) is 7.11 Å². The van der Waals surface area contributed by atoms with E-state index in [1.165, 1.54) is 18.6 Å². The molecule has 5 nitrogen and oxygen atoms in total. The predicted molar refractivity (Wildman–Crippen MR) is 70.6 cm³/mol. The van der Waals surface area contributed by atoms with Crippen molar-refractivity contribution in [1.82, 2.24) is 4.37 Å². The Hall–Kier alpha value is -1.30. The van der Waals surface area contributed by atoms with Gasteiger partial charge in [-0.25, -0.2) is 4.79 Å². The molecule has 6 heteroatoms. The number of carbonyl (C=O) groups is 1. The van der Waals surface area contributed by atoms with Gasteiger partial charge >= 0.3 is 5.97 Å². The molecule has 0 aromatic carbocycles. The molecular weight excluding hydrogens is 238 g/mol. The molecule has 0 aliphatic heterocycles. The van der Waals surface area contributed by atoms with E-state index >= 15 is 0 Å². The Morgan fingerprint density at radius 1 is 1.59 bits per heavy atom. The minimum atomic E-state index is -0.423. The smallest absolute Gasteiger partial charge is 0.344 e. The van der Waals surface area contributed by atoms with Gasteiger partial charge in [0, 0.05) is 13.1 Å². The van der Waals surface area contributed by atoms with Crippen LogP contribution < -0.4 is 10.6 Å². The van der Waals surface area contributed by atoms with E-state index in [4.69, 9.17) is 10.5 Å². The third-order valence-electron chi connectivity index (χ3n) is 2.34. The van der Waals surface area contributed by atoms with Gasteiger partial charge in [0.1, 0.15) is 10.6 Å². The second kappa shape index (κ2) is 5.86. The summed E-state index contributed by atoms with van der Waals surface area (Å²) in [6.07, 6.45) is 0. The molecule has 1 rings (SSSR count). The fourth-order valence-corrected chi connectivity index (χ4v) is 2.47. The van der Waals surface area contributed by atoms with Crippen molar-refractivity contribution in [1.29, 1.82) is 0 Å². The van der Waals surface area contributed by atoms with E-state index in [2.05, 4.69) is 23.1 Å². The Kier molecular flexibility index (Phi) is 4.74. The zero-order chi connectivity index (χ0) is 13.0. The summed E-state index contributed by atoms with van der Waals surface area (Å²) < 4.78 is 8.78. The Morgan fingerprint density at radius 3 is 2.71 bits per heavy atom. The van der Waals surface area contributed by atoms with Gasteiger partial charge in [0.25, 0.3) is 0 Å². The minimum Gasteiger partial charge on any atom is -0.465 e. The number of rotatable bonds is 5. The summed E-state index contributed by atoms with van der Waals surface area (Å²) in [6.45, 7) is 7.97. The van der Waals surface area contributed by atoms with Crippen LogP contribution in [0.3, 0.4) is 0 Å². The molecule has 1 aromatic heterocycles. The molecule has 17 heavy (non-hydrogen) atoms. The van der Waals surface area contributed by atoms with Gasteiger partial charge in [-0.3, -0.25) is 0 Å². The first-order valence-corrected chi connectivity index (χ1v) is 6.36. The van der Waals surface area contributed by atoms with Crippen molar-refractivity contribution in [2.24, 2.45) is 5.92 Å². The number of nitrogens with two attached hydrogens (primary N) is 1. The third kappa shape index (κ3) is 3.09. The highest BCUT2D eigenvalue weighted by Gasteiger charge is 2.23.